The topological polar surface area (TPSA) is 20.2 Å². The van der Waals surface area contributed by atoms with E-state index >= 15 is 0 Å². The molecule has 0 saturated heterocycles. The van der Waals surface area contributed by atoms with Crippen LogP contribution >= 0.6 is 22.9 Å². The Hall–Kier alpha value is -0.210. The molecule has 0 radical (unpaired) electrons. The van der Waals surface area contributed by atoms with Gasteiger partial charge < -0.3 is 5.11 Å². The molecular formula is C5H5ClOS. The average molecular weight is 149 g/mol. The molecule has 0 atom stereocenters. The molecule has 0 fully saturated rings. The summed E-state index contributed by atoms with van der Waals surface area (Å²) in [6, 6.07) is 0. The normalized spacial score (nSPS) is 9.75. The van der Waals surface area contributed by atoms with E-state index in [9.17, 15) is 0 Å². The van der Waals surface area contributed by atoms with Gasteiger partial charge in [-0.15, -0.1) is 11.3 Å². The summed E-state index contributed by atoms with van der Waals surface area (Å²) in [5, 5.41) is 11.3. The van der Waals surface area contributed by atoms with E-state index in [1.807, 2.05) is 12.3 Å². The van der Waals surface area contributed by atoms with Gasteiger partial charge in [0.05, 0.1) is 5.02 Å². The van der Waals surface area contributed by atoms with Crippen LogP contribution in [0.1, 0.15) is 5.56 Å². The minimum atomic E-state index is 0.212. The molecule has 1 rings (SSSR count). The van der Waals surface area contributed by atoms with Crippen molar-refractivity contribution < 1.29 is 5.11 Å². The maximum absolute atomic E-state index is 8.83. The zero-order valence-corrected chi connectivity index (χ0v) is 5.88. The largest absolute Gasteiger partial charge is 0.498 e. The molecule has 1 heterocycles. The van der Waals surface area contributed by atoms with E-state index in [0.29, 0.717) is 5.02 Å². The summed E-state index contributed by atoms with van der Waals surface area (Å²) in [6.45, 7) is 1.86. The van der Waals surface area contributed by atoms with Crippen LogP contribution in [0.15, 0.2) is 5.38 Å². The van der Waals surface area contributed by atoms with Crippen LogP contribution in [0.25, 0.3) is 0 Å². The fraction of sp³-hybridized carbons (Fsp3) is 0.200. The van der Waals surface area contributed by atoms with E-state index < -0.39 is 0 Å². The highest BCUT2D eigenvalue weighted by Crippen LogP contribution is 2.32. The highest BCUT2D eigenvalue weighted by Gasteiger charge is 2.01. The van der Waals surface area contributed by atoms with Crippen LogP contribution in [0.3, 0.4) is 0 Å². The van der Waals surface area contributed by atoms with Crippen LogP contribution < -0.4 is 0 Å². The third kappa shape index (κ3) is 0.812. The van der Waals surface area contributed by atoms with Crippen molar-refractivity contribution in [2.45, 2.75) is 6.92 Å². The Bertz CT molecular complexity index is 175. The number of hydrogen-bond acceptors (Lipinski definition) is 2. The fourth-order valence-electron chi connectivity index (χ4n) is 0.416. The summed E-state index contributed by atoms with van der Waals surface area (Å²) in [4.78, 5) is 0. The summed E-state index contributed by atoms with van der Waals surface area (Å²) in [5.74, 6) is 0. The monoisotopic (exact) mass is 148 g/mol. The van der Waals surface area contributed by atoms with Crippen LogP contribution in [0.2, 0.25) is 5.02 Å². The lowest BCUT2D eigenvalue weighted by Crippen LogP contribution is -1.59. The van der Waals surface area contributed by atoms with Gasteiger partial charge in [0.1, 0.15) is 0 Å². The second-order valence-electron chi connectivity index (χ2n) is 1.54. The highest BCUT2D eigenvalue weighted by atomic mass is 35.5. The van der Waals surface area contributed by atoms with Crippen molar-refractivity contribution in [1.29, 1.82) is 0 Å². The van der Waals surface area contributed by atoms with Crippen molar-refractivity contribution >= 4 is 22.9 Å². The van der Waals surface area contributed by atoms with Crippen molar-refractivity contribution in [2.24, 2.45) is 0 Å². The van der Waals surface area contributed by atoms with Crippen molar-refractivity contribution in [3.63, 3.8) is 0 Å². The van der Waals surface area contributed by atoms with Crippen LogP contribution in [-0.2, 0) is 0 Å². The standard InChI is InChI=1S/C5H5ClOS/c1-3-2-8-5(7)4(3)6/h2,7H,1H3. The Morgan fingerprint density at radius 3 is 2.50 bits per heavy atom. The average Bonchev–Trinajstić information content (AvgIpc) is 1.98. The lowest BCUT2D eigenvalue weighted by molar-refractivity contribution is 0.491. The first-order valence-corrected chi connectivity index (χ1v) is 3.40. The molecule has 0 bridgehead atoms. The van der Waals surface area contributed by atoms with Crippen molar-refractivity contribution in [3.05, 3.63) is 16.0 Å². The van der Waals surface area contributed by atoms with Gasteiger partial charge in [0.15, 0.2) is 5.06 Å². The highest BCUT2D eigenvalue weighted by molar-refractivity contribution is 7.12. The van der Waals surface area contributed by atoms with E-state index in [4.69, 9.17) is 16.7 Å². The minimum absolute atomic E-state index is 0.212. The lowest BCUT2D eigenvalue weighted by atomic mass is 10.4. The number of aromatic hydroxyl groups is 1. The van der Waals surface area contributed by atoms with Crippen molar-refractivity contribution in [3.8, 4) is 5.06 Å². The van der Waals surface area contributed by atoms with Gasteiger partial charge in [-0.1, -0.05) is 11.6 Å². The first kappa shape index (κ1) is 5.92. The first-order chi connectivity index (χ1) is 3.72. The third-order valence-electron chi connectivity index (χ3n) is 0.881. The fourth-order valence-corrected chi connectivity index (χ4v) is 1.34. The van der Waals surface area contributed by atoms with E-state index in [2.05, 4.69) is 0 Å². The maximum atomic E-state index is 8.83. The molecule has 44 valence electrons. The summed E-state index contributed by atoms with van der Waals surface area (Å²) in [6.07, 6.45) is 0. The van der Waals surface area contributed by atoms with Gasteiger partial charge in [0, 0.05) is 0 Å². The molecule has 0 aromatic carbocycles. The summed E-state index contributed by atoms with van der Waals surface area (Å²) >= 11 is 6.81. The molecule has 0 spiro atoms. The van der Waals surface area contributed by atoms with Gasteiger partial charge in [-0.3, -0.25) is 0 Å². The van der Waals surface area contributed by atoms with Crippen LogP contribution in [0, 0.1) is 6.92 Å². The first-order valence-electron chi connectivity index (χ1n) is 2.14. The molecule has 1 N–H and O–H groups in total. The van der Waals surface area contributed by atoms with Gasteiger partial charge in [0.25, 0.3) is 0 Å². The van der Waals surface area contributed by atoms with Gasteiger partial charge in [-0.25, -0.2) is 0 Å². The molecule has 1 aromatic heterocycles. The zero-order chi connectivity index (χ0) is 6.15. The maximum Gasteiger partial charge on any atom is 0.190 e. The van der Waals surface area contributed by atoms with Crippen LogP contribution in [0.4, 0.5) is 0 Å². The van der Waals surface area contributed by atoms with E-state index in [1.165, 1.54) is 11.3 Å². The minimum Gasteiger partial charge on any atom is -0.498 e. The molecular weight excluding hydrogens is 144 g/mol. The summed E-state index contributed by atoms with van der Waals surface area (Å²) in [5.41, 5.74) is 0.939. The molecule has 1 nitrogen and oxygen atoms in total. The number of hydrogen-bond donors (Lipinski definition) is 1. The smallest absolute Gasteiger partial charge is 0.190 e. The Morgan fingerprint density at radius 1 is 1.75 bits per heavy atom. The van der Waals surface area contributed by atoms with Crippen molar-refractivity contribution in [2.75, 3.05) is 0 Å². The van der Waals surface area contributed by atoms with Gasteiger partial charge in [-0.2, -0.15) is 0 Å². The Kier molecular flexibility index (Phi) is 1.45. The molecule has 1 aromatic rings. The second-order valence-corrected chi connectivity index (χ2v) is 2.77. The molecule has 0 aliphatic heterocycles. The van der Waals surface area contributed by atoms with E-state index in [-0.39, 0.29) is 5.06 Å². The Balaban J connectivity index is 3.19. The quantitative estimate of drug-likeness (QED) is 0.599. The number of rotatable bonds is 0. The summed E-state index contributed by atoms with van der Waals surface area (Å²) in [7, 11) is 0. The molecule has 3 heteroatoms. The van der Waals surface area contributed by atoms with E-state index in [0.717, 1.165) is 5.56 Å². The predicted molar refractivity (Wildman–Crippen MR) is 35.7 cm³/mol. The van der Waals surface area contributed by atoms with Crippen molar-refractivity contribution in [1.82, 2.24) is 0 Å². The van der Waals surface area contributed by atoms with Crippen LogP contribution in [-0.4, -0.2) is 5.11 Å². The predicted octanol–water partition coefficient (Wildman–Crippen LogP) is 2.42. The molecule has 8 heavy (non-hydrogen) atoms. The second kappa shape index (κ2) is 1.96. The number of halogens is 1. The molecule has 0 aliphatic rings. The molecule has 0 aliphatic carbocycles. The lowest BCUT2D eigenvalue weighted by Gasteiger charge is -1.82. The SMILES string of the molecule is Cc1csc(O)c1Cl. The molecule has 0 saturated carbocycles. The van der Waals surface area contributed by atoms with Crippen LogP contribution in [0.5, 0.6) is 5.06 Å². The zero-order valence-electron chi connectivity index (χ0n) is 4.31. The third-order valence-corrected chi connectivity index (χ3v) is 2.37. The Morgan fingerprint density at radius 2 is 2.38 bits per heavy atom. The Labute approximate surface area is 56.5 Å². The van der Waals surface area contributed by atoms with Gasteiger partial charge >= 0.3 is 0 Å². The van der Waals surface area contributed by atoms with Gasteiger partial charge in [-0.05, 0) is 17.9 Å². The van der Waals surface area contributed by atoms with Gasteiger partial charge in [0.2, 0.25) is 0 Å². The molecule has 0 unspecified atom stereocenters. The number of thiophene rings is 1. The molecule has 0 amide bonds. The number of aryl methyl sites for hydroxylation is 1. The van der Waals surface area contributed by atoms with E-state index in [1.54, 1.807) is 0 Å². The summed E-state index contributed by atoms with van der Waals surface area (Å²) < 4.78 is 0.